The van der Waals surface area contributed by atoms with E-state index < -0.39 is 11.7 Å². The summed E-state index contributed by atoms with van der Waals surface area (Å²) in [7, 11) is 4.17. The number of unbranched alkanes of at least 4 members (excludes halogenated alkanes) is 1. The third kappa shape index (κ3) is 5.73. The lowest BCUT2D eigenvalue weighted by molar-refractivity contribution is -0.137. The largest absolute Gasteiger partial charge is 0.416 e. The van der Waals surface area contributed by atoms with Gasteiger partial charge in [-0.25, -0.2) is 9.50 Å². The normalized spacial score (nSPS) is 13.9. The van der Waals surface area contributed by atoms with Crippen molar-refractivity contribution in [2.45, 2.75) is 44.2 Å². The van der Waals surface area contributed by atoms with E-state index in [-0.39, 0.29) is 5.41 Å². The number of hydrogen-bond donors (Lipinski definition) is 0. The van der Waals surface area contributed by atoms with E-state index in [1.54, 1.807) is 12.4 Å². The minimum Gasteiger partial charge on any atom is -0.309 e. The van der Waals surface area contributed by atoms with Gasteiger partial charge in [-0.05, 0) is 69.2 Å². The van der Waals surface area contributed by atoms with E-state index in [2.05, 4.69) is 60.3 Å². The molecule has 0 N–H and O–H groups in total. The average Bonchev–Trinajstić information content (AvgIpc) is 3.26. The van der Waals surface area contributed by atoms with Gasteiger partial charge in [-0.15, -0.1) is 0 Å². The first-order valence-corrected chi connectivity index (χ1v) is 11.9. The molecule has 0 bridgehead atoms. The van der Waals surface area contributed by atoms with Crippen LogP contribution in [0.4, 0.5) is 13.2 Å². The minimum atomic E-state index is -4.36. The van der Waals surface area contributed by atoms with Crippen LogP contribution in [0.2, 0.25) is 0 Å². The van der Waals surface area contributed by atoms with Crippen LogP contribution in [0.3, 0.4) is 0 Å². The van der Waals surface area contributed by atoms with E-state index in [1.165, 1.54) is 17.7 Å². The standard InChI is InChI=1S/C28H31F3N4/c1-27(16-7-8-18-34(2)3,19-21-9-5-4-6-10-21)25-15-17-32-26-24(20-33-35(25)26)22-11-13-23(14-12-22)28(29,30)31/h4-6,9-15,17,20H,7-8,16,18-19H2,1-3H3. The van der Waals surface area contributed by atoms with Crippen LogP contribution >= 0.6 is 0 Å². The Morgan fingerprint density at radius 2 is 1.63 bits per heavy atom. The molecule has 4 rings (SSSR count). The van der Waals surface area contributed by atoms with Crippen molar-refractivity contribution in [3.05, 3.63) is 89.9 Å². The van der Waals surface area contributed by atoms with E-state index in [4.69, 9.17) is 0 Å². The maximum Gasteiger partial charge on any atom is 0.416 e. The van der Waals surface area contributed by atoms with Crippen molar-refractivity contribution >= 4 is 5.65 Å². The first-order valence-electron chi connectivity index (χ1n) is 11.9. The molecule has 4 aromatic rings. The van der Waals surface area contributed by atoms with Gasteiger partial charge >= 0.3 is 6.18 Å². The number of nitrogens with zero attached hydrogens (tertiary/aromatic N) is 4. The smallest absolute Gasteiger partial charge is 0.309 e. The lowest BCUT2D eigenvalue weighted by Crippen LogP contribution is -2.29. The number of benzene rings is 2. The van der Waals surface area contributed by atoms with Crippen LogP contribution in [0.5, 0.6) is 0 Å². The van der Waals surface area contributed by atoms with Crippen LogP contribution < -0.4 is 0 Å². The van der Waals surface area contributed by atoms with Crippen LogP contribution in [0.15, 0.2) is 73.1 Å². The summed E-state index contributed by atoms with van der Waals surface area (Å²) in [6.45, 7) is 3.30. The predicted octanol–water partition coefficient (Wildman–Crippen LogP) is 6.65. The fraction of sp³-hybridized carbons (Fsp3) is 0.357. The van der Waals surface area contributed by atoms with Crippen LogP contribution in [-0.4, -0.2) is 40.1 Å². The molecule has 0 spiro atoms. The zero-order chi connectivity index (χ0) is 25.1. The molecule has 4 nitrogen and oxygen atoms in total. The Balaban J connectivity index is 1.71. The molecular formula is C28H31F3N4. The third-order valence-electron chi connectivity index (χ3n) is 6.56. The molecule has 0 aliphatic heterocycles. The van der Waals surface area contributed by atoms with E-state index in [1.807, 2.05) is 16.6 Å². The van der Waals surface area contributed by atoms with E-state index >= 15 is 0 Å². The topological polar surface area (TPSA) is 33.4 Å². The first kappa shape index (κ1) is 24.9. The lowest BCUT2D eigenvalue weighted by Gasteiger charge is -2.31. The average molecular weight is 481 g/mol. The predicted molar refractivity (Wildman–Crippen MR) is 133 cm³/mol. The second kappa shape index (κ2) is 10.2. The van der Waals surface area contributed by atoms with Gasteiger partial charge in [0, 0.05) is 17.2 Å². The Morgan fingerprint density at radius 3 is 2.29 bits per heavy atom. The van der Waals surface area contributed by atoms with Crippen molar-refractivity contribution in [2.24, 2.45) is 0 Å². The van der Waals surface area contributed by atoms with Gasteiger partial charge in [-0.1, -0.05) is 55.8 Å². The summed E-state index contributed by atoms with van der Waals surface area (Å²) in [5.41, 5.74) is 3.47. The minimum absolute atomic E-state index is 0.196. The number of aromatic nitrogens is 3. The molecule has 35 heavy (non-hydrogen) atoms. The molecule has 2 aromatic heterocycles. The van der Waals surface area contributed by atoms with Gasteiger partial charge in [-0.2, -0.15) is 18.3 Å². The molecule has 0 amide bonds. The Morgan fingerprint density at radius 1 is 0.914 bits per heavy atom. The second-order valence-electron chi connectivity index (χ2n) is 9.68. The number of rotatable bonds is 9. The Kier molecular flexibility index (Phi) is 7.26. The first-order chi connectivity index (χ1) is 16.7. The molecule has 0 saturated heterocycles. The van der Waals surface area contributed by atoms with E-state index in [9.17, 15) is 13.2 Å². The Bertz CT molecular complexity index is 1250. The van der Waals surface area contributed by atoms with Crippen molar-refractivity contribution < 1.29 is 13.2 Å². The summed E-state index contributed by atoms with van der Waals surface area (Å²) in [4.78, 5) is 6.76. The molecule has 0 aliphatic carbocycles. The van der Waals surface area contributed by atoms with Crippen molar-refractivity contribution in [3.8, 4) is 11.1 Å². The Labute approximate surface area is 204 Å². The zero-order valence-electron chi connectivity index (χ0n) is 20.4. The maximum absolute atomic E-state index is 13.0. The van der Waals surface area contributed by atoms with Crippen molar-refractivity contribution in [3.63, 3.8) is 0 Å². The highest BCUT2D eigenvalue weighted by Crippen LogP contribution is 2.36. The molecule has 1 atom stereocenters. The lowest BCUT2D eigenvalue weighted by atomic mass is 9.76. The summed E-state index contributed by atoms with van der Waals surface area (Å²) in [6, 6.07) is 17.6. The van der Waals surface area contributed by atoms with Crippen molar-refractivity contribution in [1.82, 2.24) is 19.5 Å². The maximum atomic E-state index is 13.0. The second-order valence-corrected chi connectivity index (χ2v) is 9.68. The van der Waals surface area contributed by atoms with Gasteiger partial charge in [0.1, 0.15) is 0 Å². The van der Waals surface area contributed by atoms with Gasteiger partial charge < -0.3 is 4.90 Å². The summed E-state index contributed by atoms with van der Waals surface area (Å²) in [5, 5.41) is 4.65. The molecule has 7 heteroatoms. The molecule has 184 valence electrons. The fourth-order valence-electron chi connectivity index (χ4n) is 4.69. The summed E-state index contributed by atoms with van der Waals surface area (Å²) < 4.78 is 40.9. The molecule has 0 aliphatic rings. The summed E-state index contributed by atoms with van der Waals surface area (Å²) in [5.74, 6) is 0. The number of fused-ring (bicyclic) bond motifs is 1. The molecule has 0 saturated carbocycles. The highest BCUT2D eigenvalue weighted by Gasteiger charge is 2.31. The third-order valence-corrected chi connectivity index (χ3v) is 6.56. The van der Waals surface area contributed by atoms with Gasteiger partial charge in [0.25, 0.3) is 0 Å². The van der Waals surface area contributed by atoms with E-state index in [0.717, 1.165) is 55.6 Å². The summed E-state index contributed by atoms with van der Waals surface area (Å²) in [6.07, 6.45) is 3.11. The van der Waals surface area contributed by atoms with Crippen LogP contribution in [0, 0.1) is 0 Å². The molecule has 0 fully saturated rings. The van der Waals surface area contributed by atoms with Crippen LogP contribution in [0.1, 0.15) is 43.0 Å². The quantitative estimate of drug-likeness (QED) is 0.252. The molecule has 2 heterocycles. The van der Waals surface area contributed by atoms with Crippen LogP contribution in [-0.2, 0) is 18.0 Å². The van der Waals surface area contributed by atoms with Gasteiger partial charge in [0.15, 0.2) is 5.65 Å². The number of alkyl halides is 3. The van der Waals surface area contributed by atoms with E-state index in [0.29, 0.717) is 11.2 Å². The SMILES string of the molecule is CN(C)CCCCC(C)(Cc1ccccc1)c1ccnc2c(-c3ccc(C(F)(F)F)cc3)cnn12. The molecular weight excluding hydrogens is 449 g/mol. The number of hydrogen-bond acceptors (Lipinski definition) is 3. The highest BCUT2D eigenvalue weighted by molar-refractivity contribution is 5.77. The number of halogens is 3. The molecule has 1 unspecified atom stereocenters. The fourth-order valence-corrected chi connectivity index (χ4v) is 4.69. The molecule has 2 aromatic carbocycles. The summed E-state index contributed by atoms with van der Waals surface area (Å²) >= 11 is 0. The molecule has 0 radical (unpaired) electrons. The Hall–Kier alpha value is -3.19. The van der Waals surface area contributed by atoms with Gasteiger partial charge in [0.05, 0.1) is 17.5 Å². The van der Waals surface area contributed by atoms with Crippen molar-refractivity contribution in [2.75, 3.05) is 20.6 Å². The van der Waals surface area contributed by atoms with Gasteiger partial charge in [-0.3, -0.25) is 0 Å². The monoisotopic (exact) mass is 480 g/mol. The van der Waals surface area contributed by atoms with Crippen molar-refractivity contribution in [1.29, 1.82) is 0 Å². The van der Waals surface area contributed by atoms with Gasteiger partial charge in [0.2, 0.25) is 0 Å². The zero-order valence-corrected chi connectivity index (χ0v) is 20.4. The highest BCUT2D eigenvalue weighted by atomic mass is 19.4. The van der Waals surface area contributed by atoms with Crippen LogP contribution in [0.25, 0.3) is 16.8 Å².